The summed E-state index contributed by atoms with van der Waals surface area (Å²) in [5.74, 6) is 1.27. The van der Waals surface area contributed by atoms with Crippen LogP contribution in [0.25, 0.3) is 0 Å². The first-order valence-corrected chi connectivity index (χ1v) is 7.23. The van der Waals surface area contributed by atoms with Crippen molar-refractivity contribution in [2.45, 2.75) is 19.9 Å². The van der Waals surface area contributed by atoms with Crippen LogP contribution >= 0.6 is 23.2 Å². The van der Waals surface area contributed by atoms with Crippen LogP contribution in [0, 0.1) is 0 Å². The summed E-state index contributed by atoms with van der Waals surface area (Å²) < 4.78 is 5.86. The summed E-state index contributed by atoms with van der Waals surface area (Å²) in [5, 5.41) is 4.22. The minimum absolute atomic E-state index is 0.415. The maximum atomic E-state index is 6.13. The Hall–Kier alpha value is -1.29. The molecule has 1 N–H and O–H groups in total. The average molecular weight is 311 g/mol. The van der Waals surface area contributed by atoms with Crippen LogP contribution in [0.1, 0.15) is 18.9 Å². The second-order valence-electron chi connectivity index (χ2n) is 4.31. The van der Waals surface area contributed by atoms with E-state index in [0.29, 0.717) is 22.3 Å². The topological polar surface area (TPSA) is 34.2 Å². The van der Waals surface area contributed by atoms with Gasteiger partial charge in [0.2, 0.25) is 0 Å². The molecule has 0 saturated heterocycles. The molecular weight excluding hydrogens is 295 g/mol. The van der Waals surface area contributed by atoms with Crippen molar-refractivity contribution in [1.29, 1.82) is 0 Å². The molecule has 0 saturated carbocycles. The summed E-state index contributed by atoms with van der Waals surface area (Å²) in [6, 6.07) is 7.14. The Bertz CT molecular complexity index is 576. The van der Waals surface area contributed by atoms with Gasteiger partial charge in [0, 0.05) is 24.5 Å². The lowest BCUT2D eigenvalue weighted by molar-refractivity contribution is 0.472. The number of hydrogen-bond donors (Lipinski definition) is 1. The molecule has 0 bridgehead atoms. The zero-order valence-corrected chi connectivity index (χ0v) is 12.7. The first-order valence-electron chi connectivity index (χ1n) is 6.48. The molecule has 2 rings (SSSR count). The molecule has 1 heterocycles. The van der Waals surface area contributed by atoms with E-state index in [9.17, 15) is 0 Å². The third-order valence-corrected chi connectivity index (χ3v) is 3.54. The number of halogens is 2. The van der Waals surface area contributed by atoms with Crippen molar-refractivity contribution in [3.63, 3.8) is 0 Å². The van der Waals surface area contributed by atoms with E-state index in [1.165, 1.54) is 0 Å². The van der Waals surface area contributed by atoms with E-state index in [2.05, 4.69) is 17.2 Å². The minimum Gasteiger partial charge on any atom is -0.455 e. The second kappa shape index (κ2) is 7.48. The summed E-state index contributed by atoms with van der Waals surface area (Å²) in [6.45, 7) is 3.78. The SMILES string of the molecule is CCCNCc1cnccc1Oc1cccc(Cl)c1Cl. The van der Waals surface area contributed by atoms with E-state index < -0.39 is 0 Å². The number of ether oxygens (including phenoxy) is 1. The van der Waals surface area contributed by atoms with E-state index in [1.807, 2.05) is 6.07 Å². The molecule has 0 amide bonds. The van der Waals surface area contributed by atoms with Crippen LogP contribution in [0.15, 0.2) is 36.7 Å². The number of pyridine rings is 1. The fourth-order valence-electron chi connectivity index (χ4n) is 1.73. The number of aromatic nitrogens is 1. The number of benzene rings is 1. The molecular formula is C15H16Cl2N2O. The van der Waals surface area contributed by atoms with Gasteiger partial charge >= 0.3 is 0 Å². The van der Waals surface area contributed by atoms with Gasteiger partial charge in [-0.25, -0.2) is 0 Å². The van der Waals surface area contributed by atoms with Crippen LogP contribution < -0.4 is 10.1 Å². The summed E-state index contributed by atoms with van der Waals surface area (Å²) in [5.41, 5.74) is 0.983. The molecule has 106 valence electrons. The summed E-state index contributed by atoms with van der Waals surface area (Å²) >= 11 is 12.1. The molecule has 0 spiro atoms. The van der Waals surface area contributed by atoms with Gasteiger partial charge < -0.3 is 10.1 Å². The highest BCUT2D eigenvalue weighted by Crippen LogP contribution is 2.35. The predicted octanol–water partition coefficient (Wildman–Crippen LogP) is 4.68. The van der Waals surface area contributed by atoms with Gasteiger partial charge in [-0.15, -0.1) is 0 Å². The summed E-state index contributed by atoms with van der Waals surface area (Å²) in [6.07, 6.45) is 4.56. The van der Waals surface area contributed by atoms with Crippen molar-refractivity contribution < 1.29 is 4.74 Å². The van der Waals surface area contributed by atoms with E-state index >= 15 is 0 Å². The molecule has 5 heteroatoms. The molecule has 3 nitrogen and oxygen atoms in total. The number of nitrogens with one attached hydrogen (secondary N) is 1. The van der Waals surface area contributed by atoms with Crippen LogP contribution in [-0.2, 0) is 6.54 Å². The van der Waals surface area contributed by atoms with Crippen molar-refractivity contribution in [2.75, 3.05) is 6.54 Å². The van der Waals surface area contributed by atoms with Crippen LogP contribution in [-0.4, -0.2) is 11.5 Å². The molecule has 0 fully saturated rings. The molecule has 0 unspecified atom stereocenters. The lowest BCUT2D eigenvalue weighted by Crippen LogP contribution is -2.14. The van der Waals surface area contributed by atoms with Crippen molar-refractivity contribution in [3.8, 4) is 11.5 Å². The highest BCUT2D eigenvalue weighted by atomic mass is 35.5. The van der Waals surface area contributed by atoms with Gasteiger partial charge in [0.25, 0.3) is 0 Å². The highest BCUT2D eigenvalue weighted by molar-refractivity contribution is 6.42. The molecule has 0 atom stereocenters. The molecule has 1 aromatic heterocycles. The lowest BCUT2D eigenvalue weighted by Gasteiger charge is -2.12. The van der Waals surface area contributed by atoms with Crippen LogP contribution in [0.2, 0.25) is 10.0 Å². The smallest absolute Gasteiger partial charge is 0.147 e. The van der Waals surface area contributed by atoms with Gasteiger partial charge in [-0.2, -0.15) is 0 Å². The lowest BCUT2D eigenvalue weighted by atomic mass is 10.2. The number of rotatable bonds is 6. The fourth-order valence-corrected chi connectivity index (χ4v) is 2.06. The molecule has 0 aliphatic heterocycles. The normalized spacial score (nSPS) is 10.6. The molecule has 0 aliphatic carbocycles. The Labute approximate surface area is 128 Å². The highest BCUT2D eigenvalue weighted by Gasteiger charge is 2.09. The molecule has 2 aromatic rings. The first-order chi connectivity index (χ1) is 9.72. The maximum absolute atomic E-state index is 6.13. The molecule has 0 aliphatic rings. The zero-order chi connectivity index (χ0) is 14.4. The monoisotopic (exact) mass is 310 g/mol. The fraction of sp³-hybridized carbons (Fsp3) is 0.267. The number of hydrogen-bond acceptors (Lipinski definition) is 3. The van der Waals surface area contributed by atoms with Crippen molar-refractivity contribution in [3.05, 3.63) is 52.3 Å². The van der Waals surface area contributed by atoms with Crippen molar-refractivity contribution >= 4 is 23.2 Å². The Kier molecular flexibility index (Phi) is 5.65. The average Bonchev–Trinajstić information content (AvgIpc) is 2.46. The van der Waals surface area contributed by atoms with Crippen LogP contribution in [0.3, 0.4) is 0 Å². The third-order valence-electron chi connectivity index (χ3n) is 2.74. The standard InChI is InChI=1S/C15H16Cl2N2O/c1-2-7-18-9-11-10-19-8-6-13(11)20-14-5-3-4-12(16)15(14)17/h3-6,8,10,18H,2,7,9H2,1H3. The maximum Gasteiger partial charge on any atom is 0.147 e. The van der Waals surface area contributed by atoms with Crippen molar-refractivity contribution in [2.24, 2.45) is 0 Å². The van der Waals surface area contributed by atoms with Gasteiger partial charge in [0.05, 0.1) is 5.02 Å². The number of nitrogens with zero attached hydrogens (tertiary/aromatic N) is 1. The summed E-state index contributed by atoms with van der Waals surface area (Å²) in [7, 11) is 0. The first kappa shape index (κ1) is 15.1. The second-order valence-corrected chi connectivity index (χ2v) is 5.10. The van der Waals surface area contributed by atoms with E-state index in [4.69, 9.17) is 27.9 Å². The van der Waals surface area contributed by atoms with Crippen LogP contribution in [0.4, 0.5) is 0 Å². The Balaban J connectivity index is 2.18. The Morgan fingerprint density at radius 2 is 2.05 bits per heavy atom. The Morgan fingerprint density at radius 3 is 2.85 bits per heavy atom. The van der Waals surface area contributed by atoms with Gasteiger partial charge in [-0.05, 0) is 31.2 Å². The van der Waals surface area contributed by atoms with E-state index in [1.54, 1.807) is 30.6 Å². The predicted molar refractivity (Wildman–Crippen MR) is 82.8 cm³/mol. The zero-order valence-electron chi connectivity index (χ0n) is 11.2. The minimum atomic E-state index is 0.415. The van der Waals surface area contributed by atoms with E-state index in [0.717, 1.165) is 24.3 Å². The largest absolute Gasteiger partial charge is 0.455 e. The van der Waals surface area contributed by atoms with E-state index in [-0.39, 0.29) is 0 Å². The molecule has 1 aromatic carbocycles. The Morgan fingerprint density at radius 1 is 1.20 bits per heavy atom. The van der Waals surface area contributed by atoms with Crippen LogP contribution in [0.5, 0.6) is 11.5 Å². The molecule has 0 radical (unpaired) electrons. The third kappa shape index (κ3) is 3.85. The van der Waals surface area contributed by atoms with Gasteiger partial charge in [0.1, 0.15) is 16.5 Å². The van der Waals surface area contributed by atoms with Crippen molar-refractivity contribution in [1.82, 2.24) is 10.3 Å². The molecule has 20 heavy (non-hydrogen) atoms. The quantitative estimate of drug-likeness (QED) is 0.787. The van der Waals surface area contributed by atoms with Gasteiger partial charge in [-0.3, -0.25) is 4.98 Å². The van der Waals surface area contributed by atoms with Gasteiger partial charge in [-0.1, -0.05) is 36.2 Å². The van der Waals surface area contributed by atoms with Gasteiger partial charge in [0.15, 0.2) is 0 Å². The summed E-state index contributed by atoms with van der Waals surface area (Å²) in [4.78, 5) is 4.13.